The van der Waals surface area contributed by atoms with E-state index in [2.05, 4.69) is 5.32 Å². The van der Waals surface area contributed by atoms with Gasteiger partial charge < -0.3 is 10.1 Å². The largest absolute Gasteiger partial charge is 0.381 e. The molecule has 2 nitrogen and oxygen atoms in total. The molecule has 1 saturated heterocycles. The third-order valence-electron chi connectivity index (χ3n) is 3.20. The lowest BCUT2D eigenvalue weighted by Gasteiger charge is -2.22. The van der Waals surface area contributed by atoms with Crippen molar-refractivity contribution in [2.75, 3.05) is 19.8 Å². The molecule has 0 atom stereocenters. The Labute approximate surface area is 102 Å². The molecule has 1 aliphatic heterocycles. The maximum atomic E-state index is 13.2. The number of hydrogen-bond acceptors (Lipinski definition) is 2. The highest BCUT2D eigenvalue weighted by Crippen LogP contribution is 2.14. The monoisotopic (exact) mass is 237 g/mol. The van der Waals surface area contributed by atoms with E-state index in [1.807, 2.05) is 13.0 Å². The predicted molar refractivity (Wildman–Crippen MR) is 66.4 cm³/mol. The lowest BCUT2D eigenvalue weighted by atomic mass is 10.0. The van der Waals surface area contributed by atoms with Crippen LogP contribution in [0.25, 0.3) is 0 Å². The first kappa shape index (κ1) is 12.5. The molecular weight excluding hydrogens is 217 g/mol. The van der Waals surface area contributed by atoms with Crippen molar-refractivity contribution >= 4 is 0 Å². The van der Waals surface area contributed by atoms with Gasteiger partial charge in [0, 0.05) is 19.8 Å². The van der Waals surface area contributed by atoms with Crippen LogP contribution in [-0.2, 0) is 11.3 Å². The lowest BCUT2D eigenvalue weighted by Crippen LogP contribution is -2.27. The van der Waals surface area contributed by atoms with Crippen molar-refractivity contribution in [1.29, 1.82) is 0 Å². The van der Waals surface area contributed by atoms with Gasteiger partial charge in [-0.15, -0.1) is 0 Å². The average molecular weight is 237 g/mol. The van der Waals surface area contributed by atoms with Crippen LogP contribution in [0.5, 0.6) is 0 Å². The van der Waals surface area contributed by atoms with Crippen LogP contribution in [0.2, 0.25) is 0 Å². The molecule has 94 valence electrons. The van der Waals surface area contributed by atoms with Gasteiger partial charge in [0.1, 0.15) is 5.82 Å². The van der Waals surface area contributed by atoms with E-state index < -0.39 is 0 Å². The van der Waals surface area contributed by atoms with Crippen molar-refractivity contribution in [2.45, 2.75) is 26.3 Å². The van der Waals surface area contributed by atoms with Gasteiger partial charge in [0.05, 0.1) is 0 Å². The summed E-state index contributed by atoms with van der Waals surface area (Å²) in [5.74, 6) is 0.561. The fraction of sp³-hybridized carbons (Fsp3) is 0.571. The zero-order chi connectivity index (χ0) is 12.1. The van der Waals surface area contributed by atoms with Crippen molar-refractivity contribution in [2.24, 2.45) is 5.92 Å². The highest BCUT2D eigenvalue weighted by Gasteiger charge is 2.12. The molecule has 0 radical (unpaired) electrons. The van der Waals surface area contributed by atoms with Crippen molar-refractivity contribution in [1.82, 2.24) is 5.32 Å². The Balaban J connectivity index is 1.77. The number of hydrogen-bond donors (Lipinski definition) is 1. The molecular formula is C14H20FNO. The van der Waals surface area contributed by atoms with Gasteiger partial charge in [0.15, 0.2) is 0 Å². The normalized spacial score (nSPS) is 17.3. The Morgan fingerprint density at radius 3 is 2.76 bits per heavy atom. The van der Waals surface area contributed by atoms with Gasteiger partial charge in [0.2, 0.25) is 0 Å². The molecule has 3 heteroatoms. The summed E-state index contributed by atoms with van der Waals surface area (Å²) in [6, 6.07) is 5.19. The summed E-state index contributed by atoms with van der Waals surface area (Å²) in [6.07, 6.45) is 2.27. The topological polar surface area (TPSA) is 21.3 Å². The van der Waals surface area contributed by atoms with Crippen molar-refractivity contribution < 1.29 is 9.13 Å². The molecule has 0 amide bonds. The van der Waals surface area contributed by atoms with E-state index >= 15 is 0 Å². The van der Waals surface area contributed by atoms with Gasteiger partial charge in [-0.25, -0.2) is 4.39 Å². The molecule has 0 aromatic heterocycles. The number of nitrogens with one attached hydrogen (secondary N) is 1. The zero-order valence-electron chi connectivity index (χ0n) is 10.3. The summed E-state index contributed by atoms with van der Waals surface area (Å²) in [4.78, 5) is 0. The number of aryl methyl sites for hydroxylation is 1. The maximum Gasteiger partial charge on any atom is 0.123 e. The maximum absolute atomic E-state index is 13.2. The van der Waals surface area contributed by atoms with Crippen LogP contribution >= 0.6 is 0 Å². The third-order valence-corrected chi connectivity index (χ3v) is 3.20. The molecule has 2 rings (SSSR count). The minimum Gasteiger partial charge on any atom is -0.381 e. The molecule has 0 aliphatic carbocycles. The molecule has 1 heterocycles. The summed E-state index contributed by atoms with van der Waals surface area (Å²) in [6.45, 7) is 5.43. The Morgan fingerprint density at radius 2 is 2.06 bits per heavy atom. The third kappa shape index (κ3) is 4.10. The molecule has 1 aromatic rings. The standard InChI is InChI=1S/C14H20FNO/c1-11-6-13(8-14(15)7-11)10-16-9-12-2-4-17-5-3-12/h6-8,12,16H,2-5,9-10H2,1H3. The predicted octanol–water partition coefficient (Wildman–Crippen LogP) is 2.65. The Bertz CT molecular complexity index is 341. The van der Waals surface area contributed by atoms with E-state index in [9.17, 15) is 4.39 Å². The second kappa shape index (κ2) is 6.12. The van der Waals surface area contributed by atoms with Crippen LogP contribution in [0, 0.1) is 18.7 Å². The fourth-order valence-corrected chi connectivity index (χ4v) is 2.29. The Kier molecular flexibility index (Phi) is 4.51. The first-order valence-electron chi connectivity index (χ1n) is 6.28. The summed E-state index contributed by atoms with van der Waals surface area (Å²) < 4.78 is 18.5. The van der Waals surface area contributed by atoms with Crippen LogP contribution in [0.15, 0.2) is 18.2 Å². The van der Waals surface area contributed by atoms with Crippen LogP contribution in [-0.4, -0.2) is 19.8 Å². The van der Waals surface area contributed by atoms with Gasteiger partial charge >= 0.3 is 0 Å². The molecule has 0 spiro atoms. The van der Waals surface area contributed by atoms with Crippen molar-refractivity contribution in [3.63, 3.8) is 0 Å². The van der Waals surface area contributed by atoms with Gasteiger partial charge in [-0.05, 0) is 55.5 Å². The van der Waals surface area contributed by atoms with Crippen LogP contribution < -0.4 is 5.32 Å². The van der Waals surface area contributed by atoms with E-state index in [0.717, 1.165) is 50.3 Å². The Morgan fingerprint density at radius 1 is 1.29 bits per heavy atom. The second-order valence-electron chi connectivity index (χ2n) is 4.82. The first-order chi connectivity index (χ1) is 8.24. The van der Waals surface area contributed by atoms with Gasteiger partial charge in [-0.3, -0.25) is 0 Å². The minimum atomic E-state index is -0.145. The summed E-state index contributed by atoms with van der Waals surface area (Å²) in [7, 11) is 0. The van der Waals surface area contributed by atoms with Gasteiger partial charge in [-0.1, -0.05) is 6.07 Å². The number of rotatable bonds is 4. The van der Waals surface area contributed by atoms with Crippen LogP contribution in [0.4, 0.5) is 4.39 Å². The average Bonchev–Trinajstić information content (AvgIpc) is 2.29. The smallest absolute Gasteiger partial charge is 0.123 e. The highest BCUT2D eigenvalue weighted by molar-refractivity contribution is 5.23. The first-order valence-corrected chi connectivity index (χ1v) is 6.28. The molecule has 1 N–H and O–H groups in total. The number of halogens is 1. The molecule has 0 unspecified atom stereocenters. The molecule has 0 saturated carbocycles. The van der Waals surface area contributed by atoms with Crippen LogP contribution in [0.1, 0.15) is 24.0 Å². The molecule has 1 fully saturated rings. The highest BCUT2D eigenvalue weighted by atomic mass is 19.1. The molecule has 1 aromatic carbocycles. The van der Waals surface area contributed by atoms with Crippen molar-refractivity contribution in [3.8, 4) is 0 Å². The summed E-state index contributed by atoms with van der Waals surface area (Å²) in [5.41, 5.74) is 2.00. The molecule has 0 bridgehead atoms. The fourth-order valence-electron chi connectivity index (χ4n) is 2.29. The molecule has 17 heavy (non-hydrogen) atoms. The van der Waals surface area contributed by atoms with Crippen molar-refractivity contribution in [3.05, 3.63) is 35.1 Å². The zero-order valence-corrected chi connectivity index (χ0v) is 10.3. The summed E-state index contributed by atoms with van der Waals surface area (Å²) >= 11 is 0. The second-order valence-corrected chi connectivity index (χ2v) is 4.82. The van der Waals surface area contributed by atoms with Crippen LogP contribution in [0.3, 0.4) is 0 Å². The Hall–Kier alpha value is -0.930. The minimum absolute atomic E-state index is 0.145. The van der Waals surface area contributed by atoms with E-state index in [1.54, 1.807) is 12.1 Å². The van der Waals surface area contributed by atoms with Gasteiger partial charge in [-0.2, -0.15) is 0 Å². The lowest BCUT2D eigenvalue weighted by molar-refractivity contribution is 0.0662. The van der Waals surface area contributed by atoms with E-state index in [-0.39, 0.29) is 5.82 Å². The van der Waals surface area contributed by atoms with Gasteiger partial charge in [0.25, 0.3) is 0 Å². The van der Waals surface area contributed by atoms with E-state index in [4.69, 9.17) is 4.74 Å². The van der Waals surface area contributed by atoms with E-state index in [1.165, 1.54) is 0 Å². The SMILES string of the molecule is Cc1cc(F)cc(CNCC2CCOCC2)c1. The summed E-state index contributed by atoms with van der Waals surface area (Å²) in [5, 5.41) is 3.40. The number of benzene rings is 1. The van der Waals surface area contributed by atoms with E-state index in [0.29, 0.717) is 5.92 Å². The molecule has 1 aliphatic rings. The quantitative estimate of drug-likeness (QED) is 0.869. The number of ether oxygens (including phenoxy) is 1.